The molecule has 0 spiro atoms. The Morgan fingerprint density at radius 2 is 1.79 bits per heavy atom. The fourth-order valence-corrected chi connectivity index (χ4v) is 6.61. The zero-order valence-corrected chi connectivity index (χ0v) is 16.8. The Balaban J connectivity index is 1.18. The molecule has 3 amide bonds. The maximum atomic E-state index is 12.5. The second-order valence-electron chi connectivity index (χ2n) is 8.85. The summed E-state index contributed by atoms with van der Waals surface area (Å²) < 4.78 is 5.66. The molecule has 0 radical (unpaired) electrons. The van der Waals surface area contributed by atoms with E-state index in [4.69, 9.17) is 4.42 Å². The number of amides is 3. The van der Waals surface area contributed by atoms with Gasteiger partial charge in [0, 0.05) is 5.54 Å². The average molecular weight is 400 g/mol. The number of aromatic nitrogens is 1. The number of nitrogens with zero attached hydrogens (tertiary/aromatic N) is 1. The molecule has 2 aromatic rings. The van der Waals surface area contributed by atoms with Crippen LogP contribution in [-0.4, -0.2) is 27.7 Å². The number of urea groups is 1. The lowest BCUT2D eigenvalue weighted by Crippen LogP contribution is -2.62. The molecular weight excluding hydrogens is 374 g/mol. The Labute approximate surface area is 168 Å². The van der Waals surface area contributed by atoms with E-state index >= 15 is 0 Å². The van der Waals surface area contributed by atoms with E-state index in [0.29, 0.717) is 10.8 Å². The standard InChI is InChI=1S/C21H25N3O3S/c1-12(28-20-22-16-4-2-3-5-17(16)27-20)18(25)23-19(26)24-21-9-13-6-14(10-21)8-15(7-13)11-21/h2-5,12-15H,6-11H2,1H3,(H2,23,24,25,26). The van der Waals surface area contributed by atoms with Crippen molar-refractivity contribution in [2.75, 3.05) is 0 Å². The first-order valence-corrected chi connectivity index (χ1v) is 11.0. The Hall–Kier alpha value is -2.02. The van der Waals surface area contributed by atoms with E-state index in [2.05, 4.69) is 15.6 Å². The summed E-state index contributed by atoms with van der Waals surface area (Å²) in [6.07, 6.45) is 7.15. The molecule has 6 rings (SSSR count). The molecule has 1 heterocycles. The zero-order chi connectivity index (χ0) is 19.3. The van der Waals surface area contributed by atoms with Crippen LogP contribution < -0.4 is 10.6 Å². The lowest BCUT2D eigenvalue weighted by Gasteiger charge is -2.56. The smallest absolute Gasteiger partial charge is 0.321 e. The number of nitrogens with one attached hydrogen (secondary N) is 2. The molecule has 4 fully saturated rings. The lowest BCUT2D eigenvalue weighted by molar-refractivity contribution is -0.119. The van der Waals surface area contributed by atoms with Crippen LogP contribution in [0.3, 0.4) is 0 Å². The van der Waals surface area contributed by atoms with Crippen LogP contribution in [0, 0.1) is 17.8 Å². The number of carbonyl (C=O) groups excluding carboxylic acids is 2. The summed E-state index contributed by atoms with van der Waals surface area (Å²) in [7, 11) is 0. The van der Waals surface area contributed by atoms with Crippen molar-refractivity contribution in [1.29, 1.82) is 0 Å². The molecule has 28 heavy (non-hydrogen) atoms. The SMILES string of the molecule is CC(Sc1nc2ccccc2o1)C(=O)NC(=O)NC12CC3CC(CC(C3)C1)C2. The molecule has 6 nitrogen and oxygen atoms in total. The number of oxazole rings is 1. The second-order valence-corrected chi connectivity index (χ2v) is 10.1. The van der Waals surface area contributed by atoms with Gasteiger partial charge >= 0.3 is 6.03 Å². The number of rotatable bonds is 4. The molecule has 4 aliphatic rings. The Bertz CT molecular complexity index is 856. The van der Waals surface area contributed by atoms with Crippen molar-refractivity contribution in [3.8, 4) is 0 Å². The van der Waals surface area contributed by atoms with Crippen molar-refractivity contribution in [2.24, 2.45) is 17.8 Å². The van der Waals surface area contributed by atoms with Gasteiger partial charge in [-0.05, 0) is 75.3 Å². The summed E-state index contributed by atoms with van der Waals surface area (Å²) in [5.74, 6) is 1.91. The number of para-hydroxylation sites is 2. The zero-order valence-electron chi connectivity index (χ0n) is 15.9. The summed E-state index contributed by atoms with van der Waals surface area (Å²) >= 11 is 1.22. The summed E-state index contributed by atoms with van der Waals surface area (Å²) in [6, 6.07) is 7.12. The fraction of sp³-hybridized carbons (Fsp3) is 0.571. The topological polar surface area (TPSA) is 84.2 Å². The minimum absolute atomic E-state index is 0.101. The van der Waals surface area contributed by atoms with Gasteiger partial charge in [-0.15, -0.1) is 0 Å². The summed E-state index contributed by atoms with van der Waals surface area (Å²) in [6.45, 7) is 1.76. The van der Waals surface area contributed by atoms with E-state index in [1.165, 1.54) is 31.0 Å². The molecule has 1 aromatic heterocycles. The van der Waals surface area contributed by atoms with Crippen LogP contribution in [-0.2, 0) is 4.79 Å². The van der Waals surface area contributed by atoms with Gasteiger partial charge in [0.15, 0.2) is 5.58 Å². The van der Waals surface area contributed by atoms with Gasteiger partial charge in [-0.25, -0.2) is 9.78 Å². The van der Waals surface area contributed by atoms with Crippen molar-refractivity contribution in [3.63, 3.8) is 0 Å². The third-order valence-corrected chi connectivity index (χ3v) is 7.52. The lowest BCUT2D eigenvalue weighted by atomic mass is 9.53. The maximum absolute atomic E-state index is 12.5. The van der Waals surface area contributed by atoms with Gasteiger partial charge in [-0.3, -0.25) is 10.1 Å². The number of carbonyl (C=O) groups is 2. The van der Waals surface area contributed by atoms with E-state index in [0.717, 1.165) is 42.5 Å². The first-order valence-electron chi connectivity index (χ1n) is 10.1. The third kappa shape index (κ3) is 3.41. The van der Waals surface area contributed by atoms with E-state index in [-0.39, 0.29) is 17.5 Å². The van der Waals surface area contributed by atoms with Crippen LogP contribution in [0.5, 0.6) is 0 Å². The molecule has 2 N–H and O–H groups in total. The highest BCUT2D eigenvalue weighted by Gasteiger charge is 2.51. The molecule has 1 aromatic carbocycles. The second kappa shape index (κ2) is 6.79. The van der Waals surface area contributed by atoms with Crippen molar-refractivity contribution in [3.05, 3.63) is 24.3 Å². The molecule has 0 aliphatic heterocycles. The number of thioether (sulfide) groups is 1. The van der Waals surface area contributed by atoms with Crippen LogP contribution in [0.2, 0.25) is 0 Å². The number of benzene rings is 1. The number of hydrogen-bond acceptors (Lipinski definition) is 5. The molecule has 148 valence electrons. The quantitative estimate of drug-likeness (QED) is 0.756. The number of hydrogen-bond donors (Lipinski definition) is 2. The predicted octanol–water partition coefficient (Wildman–Crippen LogP) is 4.10. The highest BCUT2D eigenvalue weighted by atomic mass is 32.2. The van der Waals surface area contributed by atoms with Crippen molar-refractivity contribution >= 4 is 34.8 Å². The number of fused-ring (bicyclic) bond motifs is 1. The van der Waals surface area contributed by atoms with E-state index < -0.39 is 5.25 Å². The van der Waals surface area contributed by atoms with E-state index in [9.17, 15) is 9.59 Å². The fourth-order valence-electron chi connectivity index (χ4n) is 5.86. The van der Waals surface area contributed by atoms with Crippen molar-refractivity contribution < 1.29 is 14.0 Å². The normalized spacial score (nSPS) is 31.7. The van der Waals surface area contributed by atoms with E-state index in [1.54, 1.807) is 6.92 Å². The van der Waals surface area contributed by atoms with Crippen LogP contribution in [0.15, 0.2) is 33.9 Å². The summed E-state index contributed by atoms with van der Waals surface area (Å²) in [5, 5.41) is 5.66. The van der Waals surface area contributed by atoms with Gasteiger partial charge in [-0.2, -0.15) is 0 Å². The molecule has 7 heteroatoms. The minimum Gasteiger partial charge on any atom is -0.431 e. The van der Waals surface area contributed by atoms with Crippen molar-refractivity contribution in [2.45, 2.75) is 61.5 Å². The Kier molecular flexibility index (Phi) is 4.38. The largest absolute Gasteiger partial charge is 0.431 e. The average Bonchev–Trinajstić information content (AvgIpc) is 3.02. The summed E-state index contributed by atoms with van der Waals surface area (Å²) in [4.78, 5) is 29.4. The molecular formula is C21H25N3O3S. The van der Waals surface area contributed by atoms with Gasteiger partial charge < -0.3 is 9.73 Å². The van der Waals surface area contributed by atoms with E-state index in [1.807, 2.05) is 24.3 Å². The van der Waals surface area contributed by atoms with Crippen LogP contribution in [0.1, 0.15) is 45.4 Å². The molecule has 0 saturated heterocycles. The molecule has 4 bridgehead atoms. The molecule has 4 aliphatic carbocycles. The Morgan fingerprint density at radius 3 is 2.43 bits per heavy atom. The minimum atomic E-state index is -0.477. The van der Waals surface area contributed by atoms with Crippen LogP contribution in [0.4, 0.5) is 4.79 Å². The monoisotopic (exact) mass is 399 g/mol. The maximum Gasteiger partial charge on any atom is 0.321 e. The van der Waals surface area contributed by atoms with Crippen LogP contribution >= 0.6 is 11.8 Å². The van der Waals surface area contributed by atoms with Gasteiger partial charge in [0.1, 0.15) is 5.52 Å². The molecule has 1 unspecified atom stereocenters. The first kappa shape index (κ1) is 18.0. The molecule has 1 atom stereocenters. The number of imide groups is 1. The molecule has 4 saturated carbocycles. The van der Waals surface area contributed by atoms with Crippen LogP contribution in [0.25, 0.3) is 11.1 Å². The highest BCUT2D eigenvalue weighted by molar-refractivity contribution is 8.00. The predicted molar refractivity (Wildman–Crippen MR) is 107 cm³/mol. The van der Waals surface area contributed by atoms with Crippen molar-refractivity contribution in [1.82, 2.24) is 15.6 Å². The van der Waals surface area contributed by atoms with Gasteiger partial charge in [0.05, 0.1) is 5.25 Å². The third-order valence-electron chi connectivity index (χ3n) is 6.57. The van der Waals surface area contributed by atoms with Gasteiger partial charge in [0.25, 0.3) is 5.22 Å². The van der Waals surface area contributed by atoms with Gasteiger partial charge in [0.2, 0.25) is 5.91 Å². The first-order chi connectivity index (χ1) is 13.5. The van der Waals surface area contributed by atoms with Gasteiger partial charge in [-0.1, -0.05) is 23.9 Å². The Morgan fingerprint density at radius 1 is 1.14 bits per heavy atom. The highest BCUT2D eigenvalue weighted by Crippen LogP contribution is 2.55. The summed E-state index contributed by atoms with van der Waals surface area (Å²) in [5.41, 5.74) is 1.35.